The van der Waals surface area contributed by atoms with Gasteiger partial charge in [-0.15, -0.1) is 0 Å². The van der Waals surface area contributed by atoms with Gasteiger partial charge in [-0.1, -0.05) is 0 Å². The fraction of sp³-hybridized carbons (Fsp3) is 0.875. The van der Waals surface area contributed by atoms with Crippen LogP contribution >= 0.6 is 0 Å². The van der Waals surface area contributed by atoms with E-state index in [2.05, 4.69) is 4.74 Å². The van der Waals surface area contributed by atoms with Gasteiger partial charge in [-0.2, -0.15) is 0 Å². The Balaban J connectivity index is 1.97. The van der Waals surface area contributed by atoms with Gasteiger partial charge >= 0.3 is 5.97 Å². The van der Waals surface area contributed by atoms with E-state index in [4.69, 9.17) is 9.47 Å². The Bertz CT molecular complexity index is 140. The molecule has 0 N–H and O–H groups in total. The number of ether oxygens (including phenoxy) is 3. The Morgan fingerprint density at radius 2 is 2.17 bits per heavy atom. The first-order valence-corrected chi connectivity index (χ1v) is 4.13. The maximum absolute atomic E-state index is 10.7. The van der Waals surface area contributed by atoms with Crippen molar-refractivity contribution in [2.24, 2.45) is 0 Å². The lowest BCUT2D eigenvalue weighted by Crippen LogP contribution is -2.08. The molecule has 0 amide bonds. The molecule has 0 aromatic rings. The van der Waals surface area contributed by atoms with E-state index in [0.717, 1.165) is 12.8 Å². The van der Waals surface area contributed by atoms with Gasteiger partial charge in [-0.3, -0.25) is 4.79 Å². The molecule has 4 nitrogen and oxygen atoms in total. The van der Waals surface area contributed by atoms with Gasteiger partial charge in [-0.25, -0.2) is 0 Å². The standard InChI is InChI=1S/C8H14O4/c1-10-7(9)3-2-4-8-11-5-6-12-8/h8H,2-6H2,1H3. The van der Waals surface area contributed by atoms with Crippen LogP contribution < -0.4 is 0 Å². The predicted octanol–water partition coefficient (Wildman–Crippen LogP) is 0.703. The summed E-state index contributed by atoms with van der Waals surface area (Å²) in [5.74, 6) is -0.173. The van der Waals surface area contributed by atoms with Crippen molar-refractivity contribution in [3.05, 3.63) is 0 Å². The average Bonchev–Trinajstić information content (AvgIpc) is 2.57. The van der Waals surface area contributed by atoms with Crippen molar-refractivity contribution >= 4 is 5.97 Å². The number of methoxy groups -OCH3 is 1. The average molecular weight is 174 g/mol. The van der Waals surface area contributed by atoms with Crippen molar-refractivity contribution in [1.82, 2.24) is 0 Å². The SMILES string of the molecule is COC(=O)CCCC1OCCO1. The van der Waals surface area contributed by atoms with E-state index < -0.39 is 0 Å². The van der Waals surface area contributed by atoms with Crippen LogP contribution in [0.4, 0.5) is 0 Å². The van der Waals surface area contributed by atoms with E-state index in [1.807, 2.05) is 0 Å². The zero-order chi connectivity index (χ0) is 8.81. The first-order chi connectivity index (χ1) is 5.83. The van der Waals surface area contributed by atoms with Crippen molar-refractivity contribution in [1.29, 1.82) is 0 Å². The zero-order valence-electron chi connectivity index (χ0n) is 7.25. The minimum Gasteiger partial charge on any atom is -0.469 e. The topological polar surface area (TPSA) is 44.8 Å². The third kappa shape index (κ3) is 3.19. The smallest absolute Gasteiger partial charge is 0.305 e. The van der Waals surface area contributed by atoms with E-state index in [1.54, 1.807) is 0 Å². The molecule has 0 atom stereocenters. The molecular formula is C8H14O4. The molecule has 0 aromatic carbocycles. The lowest BCUT2D eigenvalue weighted by atomic mass is 10.2. The lowest BCUT2D eigenvalue weighted by molar-refractivity contribution is -0.141. The molecule has 12 heavy (non-hydrogen) atoms. The molecule has 0 saturated carbocycles. The number of carbonyl (C=O) groups excluding carboxylic acids is 1. The van der Waals surface area contributed by atoms with Crippen LogP contribution in [0.5, 0.6) is 0 Å². The molecule has 1 rings (SSSR count). The number of esters is 1. The Morgan fingerprint density at radius 3 is 2.75 bits per heavy atom. The summed E-state index contributed by atoms with van der Waals surface area (Å²) in [7, 11) is 1.39. The number of carbonyl (C=O) groups is 1. The van der Waals surface area contributed by atoms with Gasteiger partial charge in [-0.05, 0) is 12.8 Å². The fourth-order valence-electron chi connectivity index (χ4n) is 1.09. The van der Waals surface area contributed by atoms with Gasteiger partial charge in [0.05, 0.1) is 20.3 Å². The first kappa shape index (κ1) is 9.48. The largest absolute Gasteiger partial charge is 0.469 e. The highest BCUT2D eigenvalue weighted by molar-refractivity contribution is 5.68. The van der Waals surface area contributed by atoms with E-state index >= 15 is 0 Å². The van der Waals surface area contributed by atoms with Crippen LogP contribution in [0.2, 0.25) is 0 Å². The summed E-state index contributed by atoms with van der Waals surface area (Å²) in [6, 6.07) is 0. The summed E-state index contributed by atoms with van der Waals surface area (Å²) >= 11 is 0. The number of hydrogen-bond acceptors (Lipinski definition) is 4. The molecule has 0 aromatic heterocycles. The van der Waals surface area contributed by atoms with Crippen LogP contribution in [0, 0.1) is 0 Å². The number of hydrogen-bond donors (Lipinski definition) is 0. The molecule has 1 aliphatic heterocycles. The molecule has 0 radical (unpaired) electrons. The Kier molecular flexibility index (Phi) is 4.04. The minimum absolute atomic E-state index is 0.102. The maximum Gasteiger partial charge on any atom is 0.305 e. The van der Waals surface area contributed by atoms with Crippen molar-refractivity contribution in [2.45, 2.75) is 25.6 Å². The van der Waals surface area contributed by atoms with E-state index in [0.29, 0.717) is 19.6 Å². The van der Waals surface area contributed by atoms with E-state index in [9.17, 15) is 4.79 Å². The van der Waals surface area contributed by atoms with Crippen molar-refractivity contribution < 1.29 is 19.0 Å². The van der Waals surface area contributed by atoms with Gasteiger partial charge < -0.3 is 14.2 Å². The third-order valence-corrected chi connectivity index (χ3v) is 1.74. The zero-order valence-corrected chi connectivity index (χ0v) is 7.25. The van der Waals surface area contributed by atoms with Crippen LogP contribution in [0.1, 0.15) is 19.3 Å². The van der Waals surface area contributed by atoms with Gasteiger partial charge in [0.15, 0.2) is 6.29 Å². The second kappa shape index (κ2) is 5.11. The van der Waals surface area contributed by atoms with Crippen molar-refractivity contribution in [3.8, 4) is 0 Å². The van der Waals surface area contributed by atoms with E-state index in [-0.39, 0.29) is 12.3 Å². The molecular weight excluding hydrogens is 160 g/mol. The van der Waals surface area contributed by atoms with Crippen LogP contribution in [0.25, 0.3) is 0 Å². The summed E-state index contributed by atoms with van der Waals surface area (Å²) in [4.78, 5) is 10.7. The molecule has 1 heterocycles. The molecule has 0 spiro atoms. The Labute approximate surface area is 71.8 Å². The second-order valence-electron chi connectivity index (χ2n) is 2.64. The summed E-state index contributed by atoms with van der Waals surface area (Å²) in [6.07, 6.45) is 1.88. The summed E-state index contributed by atoms with van der Waals surface area (Å²) in [5.41, 5.74) is 0. The van der Waals surface area contributed by atoms with Crippen molar-refractivity contribution in [2.75, 3.05) is 20.3 Å². The van der Waals surface area contributed by atoms with Crippen LogP contribution in [0.15, 0.2) is 0 Å². The summed E-state index contributed by atoms with van der Waals surface area (Å²) < 4.78 is 14.9. The predicted molar refractivity (Wildman–Crippen MR) is 41.6 cm³/mol. The molecule has 1 fully saturated rings. The highest BCUT2D eigenvalue weighted by Crippen LogP contribution is 2.11. The Morgan fingerprint density at radius 1 is 1.50 bits per heavy atom. The molecule has 1 saturated heterocycles. The minimum atomic E-state index is -0.173. The normalized spacial score (nSPS) is 18.1. The van der Waals surface area contributed by atoms with Crippen LogP contribution in [0.3, 0.4) is 0 Å². The maximum atomic E-state index is 10.7. The third-order valence-electron chi connectivity index (χ3n) is 1.74. The van der Waals surface area contributed by atoms with Gasteiger partial charge in [0, 0.05) is 6.42 Å². The molecule has 1 aliphatic rings. The van der Waals surface area contributed by atoms with Crippen molar-refractivity contribution in [3.63, 3.8) is 0 Å². The molecule has 0 unspecified atom stereocenters. The van der Waals surface area contributed by atoms with Crippen LogP contribution in [-0.2, 0) is 19.0 Å². The molecule has 0 bridgehead atoms. The lowest BCUT2D eigenvalue weighted by Gasteiger charge is -2.06. The fourth-order valence-corrected chi connectivity index (χ4v) is 1.09. The first-order valence-electron chi connectivity index (χ1n) is 4.13. The van der Waals surface area contributed by atoms with E-state index in [1.165, 1.54) is 7.11 Å². The van der Waals surface area contributed by atoms with Crippen LogP contribution in [-0.4, -0.2) is 32.6 Å². The highest BCUT2D eigenvalue weighted by atomic mass is 16.7. The monoisotopic (exact) mass is 174 g/mol. The summed E-state index contributed by atoms with van der Waals surface area (Å²) in [6.45, 7) is 1.34. The highest BCUT2D eigenvalue weighted by Gasteiger charge is 2.15. The van der Waals surface area contributed by atoms with Gasteiger partial charge in [0.25, 0.3) is 0 Å². The molecule has 70 valence electrons. The quantitative estimate of drug-likeness (QED) is 0.588. The molecule has 4 heteroatoms. The number of rotatable bonds is 4. The van der Waals surface area contributed by atoms with Gasteiger partial charge in [0.2, 0.25) is 0 Å². The van der Waals surface area contributed by atoms with Gasteiger partial charge in [0.1, 0.15) is 0 Å². The Hall–Kier alpha value is -0.610. The second-order valence-corrected chi connectivity index (χ2v) is 2.64. The summed E-state index contributed by atoms with van der Waals surface area (Å²) in [5, 5.41) is 0. The molecule has 0 aliphatic carbocycles.